The lowest BCUT2D eigenvalue weighted by molar-refractivity contribution is -0.132. The number of hydrogen-bond acceptors (Lipinski definition) is 4. The van der Waals surface area contributed by atoms with E-state index in [1.807, 2.05) is 39.5 Å². The lowest BCUT2D eigenvalue weighted by Crippen LogP contribution is -2.39. The molecule has 1 aromatic heterocycles. The monoisotopic (exact) mass is 360 g/mol. The summed E-state index contributed by atoms with van der Waals surface area (Å²) in [6.07, 6.45) is 3.78. The fourth-order valence-electron chi connectivity index (χ4n) is 3.52. The second-order valence-electron chi connectivity index (χ2n) is 7.56. The highest BCUT2D eigenvalue weighted by atomic mass is 16.2. The SMILES string of the molecule is CCCC(=O)N1CCCC(c2nc(C)c(CC(=O)NC(C)C)c(C)n2)C1. The molecule has 0 aliphatic carbocycles. The van der Waals surface area contributed by atoms with Gasteiger partial charge in [-0.05, 0) is 47.0 Å². The molecule has 0 radical (unpaired) electrons. The van der Waals surface area contributed by atoms with Crippen LogP contribution < -0.4 is 5.32 Å². The Morgan fingerprint density at radius 3 is 2.46 bits per heavy atom. The molecule has 144 valence electrons. The van der Waals surface area contributed by atoms with Crippen molar-refractivity contribution in [3.05, 3.63) is 22.8 Å². The lowest BCUT2D eigenvalue weighted by atomic mass is 9.96. The smallest absolute Gasteiger partial charge is 0.224 e. The quantitative estimate of drug-likeness (QED) is 0.846. The first-order valence-electron chi connectivity index (χ1n) is 9.73. The van der Waals surface area contributed by atoms with Crippen molar-refractivity contribution in [2.45, 2.75) is 78.7 Å². The van der Waals surface area contributed by atoms with Crippen molar-refractivity contribution in [2.75, 3.05) is 13.1 Å². The maximum Gasteiger partial charge on any atom is 0.224 e. The Morgan fingerprint density at radius 1 is 1.23 bits per heavy atom. The predicted octanol–water partition coefficient (Wildman–Crippen LogP) is 2.67. The van der Waals surface area contributed by atoms with Crippen molar-refractivity contribution in [3.63, 3.8) is 0 Å². The van der Waals surface area contributed by atoms with Gasteiger partial charge in [0.1, 0.15) is 5.82 Å². The number of carbonyl (C=O) groups is 2. The molecule has 26 heavy (non-hydrogen) atoms. The molecule has 2 heterocycles. The topological polar surface area (TPSA) is 75.2 Å². The van der Waals surface area contributed by atoms with Gasteiger partial charge < -0.3 is 10.2 Å². The summed E-state index contributed by atoms with van der Waals surface area (Å²) in [5.41, 5.74) is 2.63. The molecule has 0 aromatic carbocycles. The number of amides is 2. The molecule has 6 heteroatoms. The fourth-order valence-corrected chi connectivity index (χ4v) is 3.52. The molecule has 2 amide bonds. The van der Waals surface area contributed by atoms with Crippen LogP contribution in [0.25, 0.3) is 0 Å². The summed E-state index contributed by atoms with van der Waals surface area (Å²) in [4.78, 5) is 35.7. The van der Waals surface area contributed by atoms with Gasteiger partial charge >= 0.3 is 0 Å². The standard InChI is InChI=1S/C20H32N4O2/c1-6-8-19(26)24-10-7-9-16(12-24)20-22-14(4)17(15(5)23-20)11-18(25)21-13(2)3/h13,16H,6-12H2,1-5H3,(H,21,25). The van der Waals surface area contributed by atoms with Crippen molar-refractivity contribution < 1.29 is 9.59 Å². The first kappa shape index (κ1) is 20.3. The Bertz CT molecular complexity index is 634. The highest BCUT2D eigenvalue weighted by Gasteiger charge is 2.27. The van der Waals surface area contributed by atoms with Crippen LogP contribution in [0.5, 0.6) is 0 Å². The molecule has 0 bridgehead atoms. The van der Waals surface area contributed by atoms with Crippen LogP contribution in [0.4, 0.5) is 0 Å². The summed E-state index contributed by atoms with van der Waals surface area (Å²) in [6.45, 7) is 11.4. The molecule has 1 unspecified atom stereocenters. The third-order valence-electron chi connectivity index (χ3n) is 4.83. The average Bonchev–Trinajstić information content (AvgIpc) is 2.57. The third-order valence-corrected chi connectivity index (χ3v) is 4.83. The van der Waals surface area contributed by atoms with Gasteiger partial charge in [0.2, 0.25) is 11.8 Å². The summed E-state index contributed by atoms with van der Waals surface area (Å²) in [7, 11) is 0. The minimum atomic E-state index is -0.00319. The van der Waals surface area contributed by atoms with Crippen LogP contribution in [0, 0.1) is 13.8 Å². The van der Waals surface area contributed by atoms with Crippen LogP contribution >= 0.6 is 0 Å². The Balaban J connectivity index is 2.13. The number of hydrogen-bond donors (Lipinski definition) is 1. The van der Waals surface area contributed by atoms with Gasteiger partial charge in [0, 0.05) is 48.4 Å². The van der Waals surface area contributed by atoms with Crippen LogP contribution in [0.2, 0.25) is 0 Å². The summed E-state index contributed by atoms with van der Waals surface area (Å²) in [6, 6.07) is 0.122. The van der Waals surface area contributed by atoms with Gasteiger partial charge in [-0.2, -0.15) is 0 Å². The van der Waals surface area contributed by atoms with Gasteiger partial charge in [-0.25, -0.2) is 9.97 Å². The lowest BCUT2D eigenvalue weighted by Gasteiger charge is -2.32. The Labute approximate surface area is 156 Å². The van der Waals surface area contributed by atoms with Crippen LogP contribution in [0.3, 0.4) is 0 Å². The van der Waals surface area contributed by atoms with Gasteiger partial charge in [-0.1, -0.05) is 6.92 Å². The largest absolute Gasteiger partial charge is 0.354 e. The number of nitrogens with one attached hydrogen (secondary N) is 1. The van der Waals surface area contributed by atoms with Crippen LogP contribution in [0.1, 0.15) is 75.1 Å². The minimum Gasteiger partial charge on any atom is -0.354 e. The van der Waals surface area contributed by atoms with E-state index in [0.29, 0.717) is 19.4 Å². The van der Waals surface area contributed by atoms with Gasteiger partial charge in [-0.3, -0.25) is 9.59 Å². The highest BCUT2D eigenvalue weighted by molar-refractivity contribution is 5.79. The number of rotatable bonds is 6. The molecule has 0 spiro atoms. The average molecular weight is 361 g/mol. The van der Waals surface area contributed by atoms with E-state index < -0.39 is 0 Å². The molecule has 1 aromatic rings. The number of aromatic nitrogens is 2. The second kappa shape index (κ2) is 9.10. The molecule has 1 N–H and O–H groups in total. The maximum absolute atomic E-state index is 12.2. The van der Waals surface area contributed by atoms with Gasteiger partial charge in [-0.15, -0.1) is 0 Å². The van der Waals surface area contributed by atoms with Crippen molar-refractivity contribution in [1.29, 1.82) is 0 Å². The zero-order valence-electron chi connectivity index (χ0n) is 16.8. The normalized spacial score (nSPS) is 17.5. The van der Waals surface area contributed by atoms with E-state index in [1.165, 1.54) is 0 Å². The third kappa shape index (κ3) is 5.26. The van der Waals surface area contributed by atoms with E-state index in [0.717, 1.165) is 48.6 Å². The number of aryl methyl sites for hydroxylation is 2. The van der Waals surface area contributed by atoms with E-state index in [2.05, 4.69) is 5.32 Å². The van der Waals surface area contributed by atoms with Crippen LogP contribution in [-0.4, -0.2) is 45.8 Å². The predicted molar refractivity (Wildman–Crippen MR) is 102 cm³/mol. The van der Waals surface area contributed by atoms with E-state index in [-0.39, 0.29) is 23.8 Å². The van der Waals surface area contributed by atoms with E-state index in [9.17, 15) is 9.59 Å². The Morgan fingerprint density at radius 2 is 1.88 bits per heavy atom. The molecule has 0 saturated carbocycles. The van der Waals surface area contributed by atoms with Gasteiger partial charge in [0.05, 0.1) is 6.42 Å². The number of piperidine rings is 1. The van der Waals surface area contributed by atoms with Crippen LogP contribution in [-0.2, 0) is 16.0 Å². The van der Waals surface area contributed by atoms with Gasteiger partial charge in [0.25, 0.3) is 0 Å². The summed E-state index contributed by atoms with van der Waals surface area (Å²) >= 11 is 0. The minimum absolute atomic E-state index is 0.00319. The van der Waals surface area contributed by atoms with Crippen molar-refractivity contribution >= 4 is 11.8 Å². The molecule has 1 atom stereocenters. The van der Waals surface area contributed by atoms with Crippen LogP contribution in [0.15, 0.2) is 0 Å². The molecular weight excluding hydrogens is 328 g/mol. The number of carbonyl (C=O) groups excluding carboxylic acids is 2. The maximum atomic E-state index is 12.2. The first-order chi connectivity index (χ1) is 12.3. The molecule has 2 rings (SSSR count). The summed E-state index contributed by atoms with van der Waals surface area (Å²) in [5, 5.41) is 2.92. The van der Waals surface area contributed by atoms with E-state index >= 15 is 0 Å². The number of nitrogens with zero attached hydrogens (tertiary/aromatic N) is 3. The summed E-state index contributed by atoms with van der Waals surface area (Å²) in [5.74, 6) is 1.21. The van der Waals surface area contributed by atoms with Crippen molar-refractivity contribution in [3.8, 4) is 0 Å². The first-order valence-corrected chi connectivity index (χ1v) is 9.73. The van der Waals surface area contributed by atoms with E-state index in [1.54, 1.807) is 0 Å². The zero-order chi connectivity index (χ0) is 19.3. The molecule has 1 aliphatic rings. The molecule has 1 aliphatic heterocycles. The molecule has 1 fully saturated rings. The van der Waals surface area contributed by atoms with E-state index in [4.69, 9.17) is 9.97 Å². The Hall–Kier alpha value is -1.98. The highest BCUT2D eigenvalue weighted by Crippen LogP contribution is 2.26. The number of likely N-dealkylation sites (tertiary alicyclic amines) is 1. The molecule has 6 nitrogen and oxygen atoms in total. The zero-order valence-corrected chi connectivity index (χ0v) is 16.8. The van der Waals surface area contributed by atoms with Crippen molar-refractivity contribution in [2.24, 2.45) is 0 Å². The second-order valence-corrected chi connectivity index (χ2v) is 7.56. The van der Waals surface area contributed by atoms with Crippen molar-refractivity contribution in [1.82, 2.24) is 20.2 Å². The molecule has 1 saturated heterocycles. The molecular formula is C20H32N4O2. The Kier molecular flexibility index (Phi) is 7.12. The van der Waals surface area contributed by atoms with Gasteiger partial charge in [0.15, 0.2) is 0 Å². The fraction of sp³-hybridized carbons (Fsp3) is 0.700. The summed E-state index contributed by atoms with van der Waals surface area (Å²) < 4.78 is 0.